The Morgan fingerprint density at radius 3 is 2.61 bits per heavy atom. The van der Waals surface area contributed by atoms with Crippen LogP contribution in [-0.2, 0) is 11.2 Å². The molecule has 2 aromatic carbocycles. The summed E-state index contributed by atoms with van der Waals surface area (Å²) in [5.41, 5.74) is 2.85. The van der Waals surface area contributed by atoms with Crippen LogP contribution in [0.1, 0.15) is 11.1 Å². The van der Waals surface area contributed by atoms with Crippen LogP contribution in [0.5, 0.6) is 0 Å². The zero-order valence-corrected chi connectivity index (χ0v) is 12.5. The van der Waals surface area contributed by atoms with Gasteiger partial charge < -0.3 is 0 Å². The summed E-state index contributed by atoms with van der Waals surface area (Å²) in [7, 11) is 0. The van der Waals surface area contributed by atoms with Crippen molar-refractivity contribution < 1.29 is 14.1 Å². The monoisotopic (exact) mass is 335 g/mol. The Balaban J connectivity index is 1.95. The van der Waals surface area contributed by atoms with Crippen LogP contribution >= 0.6 is 11.6 Å². The third-order valence-corrected chi connectivity index (χ3v) is 3.22. The highest BCUT2D eigenvalue weighted by atomic mass is 35.5. The maximum absolute atomic E-state index is 13.5. The molecule has 0 unspecified atom stereocenters. The van der Waals surface area contributed by atoms with Gasteiger partial charge in [0.15, 0.2) is 0 Å². The Labute approximate surface area is 135 Å². The molecule has 8 heteroatoms. The predicted octanol–water partition coefficient (Wildman–Crippen LogP) is 3.08. The number of benzene rings is 2. The summed E-state index contributed by atoms with van der Waals surface area (Å²) in [6, 6.07) is 9.78. The summed E-state index contributed by atoms with van der Waals surface area (Å²) in [6.07, 6.45) is 1.10. The fourth-order valence-electron chi connectivity index (χ4n) is 1.76. The quantitative estimate of drug-likeness (QED) is 0.517. The average molecular weight is 336 g/mol. The zero-order valence-electron chi connectivity index (χ0n) is 11.7. The van der Waals surface area contributed by atoms with Gasteiger partial charge in [-0.25, -0.2) is 9.82 Å². The second kappa shape index (κ2) is 7.46. The van der Waals surface area contributed by atoms with Gasteiger partial charge in [-0.15, -0.1) is 0 Å². The molecule has 0 bridgehead atoms. The normalized spacial score (nSPS) is 10.7. The lowest BCUT2D eigenvalue weighted by Gasteiger charge is -2.01. The van der Waals surface area contributed by atoms with Crippen LogP contribution in [0, 0.1) is 15.9 Å². The van der Waals surface area contributed by atoms with Gasteiger partial charge in [0.2, 0.25) is 5.91 Å². The van der Waals surface area contributed by atoms with Gasteiger partial charge in [-0.1, -0.05) is 29.8 Å². The van der Waals surface area contributed by atoms with Crippen LogP contribution in [-0.4, -0.2) is 17.0 Å². The van der Waals surface area contributed by atoms with Crippen molar-refractivity contribution in [2.24, 2.45) is 5.10 Å². The van der Waals surface area contributed by atoms with E-state index in [-0.39, 0.29) is 22.7 Å². The molecule has 1 N–H and O–H groups in total. The fourth-order valence-corrected chi connectivity index (χ4v) is 1.98. The first kappa shape index (κ1) is 16.6. The Morgan fingerprint density at radius 2 is 2.00 bits per heavy atom. The zero-order chi connectivity index (χ0) is 16.8. The highest BCUT2D eigenvalue weighted by molar-refractivity contribution is 6.33. The molecule has 23 heavy (non-hydrogen) atoms. The fraction of sp³-hybridized carbons (Fsp3) is 0.0667. The maximum atomic E-state index is 13.5. The van der Waals surface area contributed by atoms with Gasteiger partial charge in [0.05, 0.1) is 22.6 Å². The number of carbonyl (C=O) groups is 1. The van der Waals surface area contributed by atoms with Gasteiger partial charge in [0, 0.05) is 17.7 Å². The number of hydrogen-bond acceptors (Lipinski definition) is 4. The summed E-state index contributed by atoms with van der Waals surface area (Å²) >= 11 is 5.82. The van der Waals surface area contributed by atoms with E-state index < -0.39 is 16.6 Å². The minimum atomic E-state index is -0.550. The minimum Gasteiger partial charge on any atom is -0.273 e. The van der Waals surface area contributed by atoms with Crippen LogP contribution in [0.15, 0.2) is 47.6 Å². The first-order valence-corrected chi connectivity index (χ1v) is 6.84. The molecule has 2 aromatic rings. The lowest BCUT2D eigenvalue weighted by atomic mass is 10.1. The molecule has 2 rings (SSSR count). The molecule has 0 aliphatic rings. The first-order chi connectivity index (χ1) is 11.0. The predicted molar refractivity (Wildman–Crippen MR) is 83.9 cm³/mol. The van der Waals surface area contributed by atoms with Crippen molar-refractivity contribution in [3.05, 3.63) is 74.5 Å². The second-order valence-electron chi connectivity index (χ2n) is 4.53. The van der Waals surface area contributed by atoms with Crippen molar-refractivity contribution >= 4 is 29.4 Å². The largest absolute Gasteiger partial charge is 0.273 e. The molecular weight excluding hydrogens is 325 g/mol. The van der Waals surface area contributed by atoms with E-state index in [4.69, 9.17) is 11.6 Å². The van der Waals surface area contributed by atoms with Crippen LogP contribution in [0.2, 0.25) is 5.02 Å². The third kappa shape index (κ3) is 4.58. The van der Waals surface area contributed by atoms with Gasteiger partial charge >= 0.3 is 0 Å². The lowest BCUT2D eigenvalue weighted by Crippen LogP contribution is -2.19. The third-order valence-electron chi connectivity index (χ3n) is 2.89. The number of carbonyl (C=O) groups excluding carboxylic acids is 1. The number of amides is 1. The summed E-state index contributed by atoms with van der Waals surface area (Å²) in [4.78, 5) is 21.7. The van der Waals surface area contributed by atoms with E-state index in [1.54, 1.807) is 0 Å². The van der Waals surface area contributed by atoms with Crippen molar-refractivity contribution in [1.82, 2.24) is 5.43 Å². The van der Waals surface area contributed by atoms with E-state index in [2.05, 4.69) is 10.5 Å². The van der Waals surface area contributed by atoms with E-state index in [1.165, 1.54) is 42.5 Å². The molecule has 0 radical (unpaired) electrons. The van der Waals surface area contributed by atoms with Crippen molar-refractivity contribution in [1.29, 1.82) is 0 Å². The summed E-state index contributed by atoms with van der Waals surface area (Å²) in [5.74, 6) is -0.992. The Kier molecular flexibility index (Phi) is 5.37. The van der Waals surface area contributed by atoms with Crippen LogP contribution in [0.25, 0.3) is 0 Å². The molecule has 0 saturated heterocycles. The number of non-ortho nitro benzene ring substituents is 1. The van der Waals surface area contributed by atoms with Gasteiger partial charge in [-0.2, -0.15) is 5.10 Å². The molecule has 0 aromatic heterocycles. The molecule has 6 nitrogen and oxygen atoms in total. The Morgan fingerprint density at radius 1 is 1.30 bits per heavy atom. The van der Waals surface area contributed by atoms with E-state index >= 15 is 0 Å². The first-order valence-electron chi connectivity index (χ1n) is 6.46. The smallest absolute Gasteiger partial charge is 0.269 e. The molecule has 0 spiro atoms. The van der Waals surface area contributed by atoms with E-state index in [0.717, 1.165) is 6.21 Å². The molecule has 1 amide bonds. The molecule has 118 valence electrons. The number of halogens is 2. The summed E-state index contributed by atoms with van der Waals surface area (Å²) < 4.78 is 13.5. The van der Waals surface area contributed by atoms with E-state index in [9.17, 15) is 19.3 Å². The topological polar surface area (TPSA) is 84.6 Å². The molecule has 0 saturated carbocycles. The number of hydrazone groups is 1. The van der Waals surface area contributed by atoms with E-state index in [0.29, 0.717) is 5.56 Å². The Bertz CT molecular complexity index is 743. The van der Waals surface area contributed by atoms with Crippen molar-refractivity contribution in [3.8, 4) is 0 Å². The maximum Gasteiger partial charge on any atom is 0.269 e. The van der Waals surface area contributed by atoms with Crippen molar-refractivity contribution in [3.63, 3.8) is 0 Å². The highest BCUT2D eigenvalue weighted by Crippen LogP contribution is 2.16. The van der Waals surface area contributed by atoms with E-state index in [1.807, 2.05) is 0 Å². The number of nitro groups is 1. The van der Waals surface area contributed by atoms with Crippen LogP contribution in [0.4, 0.5) is 10.1 Å². The molecule has 0 aliphatic carbocycles. The molecule has 0 heterocycles. The Hall–Kier alpha value is -2.80. The number of nitrogens with zero attached hydrogens (tertiary/aromatic N) is 2. The average Bonchev–Trinajstić information content (AvgIpc) is 2.51. The van der Waals surface area contributed by atoms with Gasteiger partial charge in [-0.3, -0.25) is 14.9 Å². The van der Waals surface area contributed by atoms with Gasteiger partial charge in [0.25, 0.3) is 5.69 Å². The van der Waals surface area contributed by atoms with Crippen molar-refractivity contribution in [2.45, 2.75) is 6.42 Å². The van der Waals surface area contributed by atoms with Crippen LogP contribution < -0.4 is 5.43 Å². The highest BCUT2D eigenvalue weighted by Gasteiger charge is 2.07. The second-order valence-corrected chi connectivity index (χ2v) is 4.94. The number of rotatable bonds is 5. The van der Waals surface area contributed by atoms with Crippen molar-refractivity contribution in [2.75, 3.05) is 0 Å². The molecule has 0 atom stereocenters. The van der Waals surface area contributed by atoms with Crippen LogP contribution in [0.3, 0.4) is 0 Å². The molecule has 0 aliphatic heterocycles. The summed E-state index contributed by atoms with van der Waals surface area (Å²) in [5, 5.41) is 14.4. The molecular formula is C15H11ClFN3O3. The number of hydrogen-bond donors (Lipinski definition) is 1. The SMILES string of the molecule is O=C(Cc1ccc([N+](=O)[O-])cc1)N/N=C/c1c(F)cccc1Cl. The number of nitrogens with one attached hydrogen (secondary N) is 1. The minimum absolute atomic E-state index is 0.0136. The standard InChI is InChI=1S/C15H11ClFN3O3/c16-13-2-1-3-14(17)12(13)9-18-19-15(21)8-10-4-6-11(7-5-10)20(22)23/h1-7,9H,8H2,(H,19,21)/b18-9+. The van der Waals surface area contributed by atoms with Gasteiger partial charge in [-0.05, 0) is 17.7 Å². The molecule has 0 fully saturated rings. The van der Waals surface area contributed by atoms with Gasteiger partial charge in [0.1, 0.15) is 5.82 Å². The summed E-state index contributed by atoms with van der Waals surface area (Å²) in [6.45, 7) is 0. The number of nitro benzene ring substituents is 1. The lowest BCUT2D eigenvalue weighted by molar-refractivity contribution is -0.384.